The first kappa shape index (κ1) is 14.7. The van der Waals surface area contributed by atoms with Crippen molar-refractivity contribution in [3.8, 4) is 6.07 Å². The summed E-state index contributed by atoms with van der Waals surface area (Å²) in [6.07, 6.45) is 0.224. The fraction of sp³-hybridized carbons (Fsp3) is 0.200. The molecule has 0 bridgehead atoms. The zero-order valence-electron chi connectivity index (χ0n) is 10.9. The molecule has 2 rings (SSSR count). The van der Waals surface area contributed by atoms with Crippen molar-refractivity contribution in [3.63, 3.8) is 0 Å². The Hall–Kier alpha value is -1.70. The summed E-state index contributed by atoms with van der Waals surface area (Å²) in [4.78, 5) is 12.5. The molecule has 0 spiro atoms. The van der Waals surface area contributed by atoms with E-state index in [1.165, 1.54) is 0 Å². The van der Waals surface area contributed by atoms with Gasteiger partial charge in [0, 0.05) is 24.1 Å². The minimum atomic E-state index is -0.146. The predicted octanol–water partition coefficient (Wildman–Crippen LogP) is 3.41. The standard InChI is InChI=1S/C15H13ClN2OS/c1-18-12(6-7-17)8-13(16)14(18)15(19)11-4-2-10(9-20)3-5-11/h2-5,8,20H,6,9H2,1H3. The van der Waals surface area contributed by atoms with E-state index in [1.807, 2.05) is 12.1 Å². The first-order valence-electron chi connectivity index (χ1n) is 6.04. The fourth-order valence-corrected chi connectivity index (χ4v) is 2.57. The number of benzene rings is 1. The number of nitriles is 1. The molecule has 0 atom stereocenters. The van der Waals surface area contributed by atoms with Crippen LogP contribution >= 0.6 is 24.2 Å². The van der Waals surface area contributed by atoms with Gasteiger partial charge in [0.25, 0.3) is 0 Å². The zero-order chi connectivity index (χ0) is 14.7. The summed E-state index contributed by atoms with van der Waals surface area (Å²) in [5.74, 6) is 0.485. The smallest absolute Gasteiger partial charge is 0.210 e. The van der Waals surface area contributed by atoms with Crippen LogP contribution in [0.3, 0.4) is 0 Å². The van der Waals surface area contributed by atoms with Gasteiger partial charge in [-0.3, -0.25) is 4.79 Å². The molecule has 0 radical (unpaired) electrons. The SMILES string of the molecule is Cn1c(CC#N)cc(Cl)c1C(=O)c1ccc(CS)cc1. The molecule has 2 aromatic rings. The fourth-order valence-electron chi connectivity index (χ4n) is 2.02. The average molecular weight is 305 g/mol. The van der Waals surface area contributed by atoms with Crippen LogP contribution in [0.5, 0.6) is 0 Å². The van der Waals surface area contributed by atoms with E-state index in [1.54, 1.807) is 29.8 Å². The minimum absolute atomic E-state index is 0.146. The number of carbonyl (C=O) groups is 1. The Morgan fingerprint density at radius 1 is 1.40 bits per heavy atom. The van der Waals surface area contributed by atoms with Gasteiger partial charge in [-0.1, -0.05) is 35.9 Å². The molecule has 102 valence electrons. The second-order valence-corrected chi connectivity index (χ2v) is 5.13. The maximum absolute atomic E-state index is 12.5. The summed E-state index contributed by atoms with van der Waals surface area (Å²) in [5.41, 5.74) is 2.76. The lowest BCUT2D eigenvalue weighted by molar-refractivity contribution is 0.103. The van der Waals surface area contributed by atoms with Gasteiger partial charge in [-0.2, -0.15) is 17.9 Å². The van der Waals surface area contributed by atoms with Crippen LogP contribution in [0.4, 0.5) is 0 Å². The van der Waals surface area contributed by atoms with E-state index in [4.69, 9.17) is 16.9 Å². The number of hydrogen-bond acceptors (Lipinski definition) is 3. The van der Waals surface area contributed by atoms with E-state index in [0.29, 0.717) is 22.0 Å². The lowest BCUT2D eigenvalue weighted by atomic mass is 10.1. The van der Waals surface area contributed by atoms with Gasteiger partial charge >= 0.3 is 0 Å². The van der Waals surface area contributed by atoms with Crippen LogP contribution in [0.15, 0.2) is 30.3 Å². The normalized spacial score (nSPS) is 10.3. The van der Waals surface area contributed by atoms with Crippen LogP contribution in [0.1, 0.15) is 27.3 Å². The van der Waals surface area contributed by atoms with E-state index in [0.717, 1.165) is 11.3 Å². The molecule has 1 aromatic carbocycles. The number of rotatable bonds is 4. The first-order valence-corrected chi connectivity index (χ1v) is 7.05. The largest absolute Gasteiger partial charge is 0.343 e. The van der Waals surface area contributed by atoms with Gasteiger partial charge in [-0.15, -0.1) is 0 Å². The molecular weight excluding hydrogens is 292 g/mol. The quantitative estimate of drug-likeness (QED) is 0.695. The zero-order valence-corrected chi connectivity index (χ0v) is 12.6. The molecule has 0 N–H and O–H groups in total. The van der Waals surface area contributed by atoms with Gasteiger partial charge in [0.05, 0.1) is 17.5 Å². The number of thiol groups is 1. The van der Waals surface area contributed by atoms with Crippen molar-refractivity contribution in [1.29, 1.82) is 5.26 Å². The van der Waals surface area contributed by atoms with Crippen LogP contribution in [0, 0.1) is 11.3 Å². The highest BCUT2D eigenvalue weighted by atomic mass is 35.5. The molecule has 0 saturated heterocycles. The maximum atomic E-state index is 12.5. The Kier molecular flexibility index (Phi) is 4.53. The van der Waals surface area contributed by atoms with Gasteiger partial charge < -0.3 is 4.57 Å². The Bertz CT molecular complexity index is 683. The van der Waals surface area contributed by atoms with Gasteiger partial charge in [-0.05, 0) is 11.6 Å². The molecule has 0 amide bonds. The van der Waals surface area contributed by atoms with Crippen molar-refractivity contribution in [1.82, 2.24) is 4.57 Å². The number of hydrogen-bond donors (Lipinski definition) is 1. The molecule has 1 heterocycles. The third-order valence-corrected chi connectivity index (χ3v) is 3.81. The second kappa shape index (κ2) is 6.17. The van der Waals surface area contributed by atoms with Crippen molar-refractivity contribution in [2.45, 2.75) is 12.2 Å². The lowest BCUT2D eigenvalue weighted by Crippen LogP contribution is -2.09. The third kappa shape index (κ3) is 2.74. The highest BCUT2D eigenvalue weighted by molar-refractivity contribution is 7.79. The van der Waals surface area contributed by atoms with Gasteiger partial charge in [0.1, 0.15) is 5.69 Å². The van der Waals surface area contributed by atoms with E-state index in [9.17, 15) is 4.79 Å². The summed E-state index contributed by atoms with van der Waals surface area (Å²) in [6.45, 7) is 0. The molecule has 3 nitrogen and oxygen atoms in total. The molecular formula is C15H13ClN2OS. The molecule has 20 heavy (non-hydrogen) atoms. The van der Waals surface area contributed by atoms with Crippen LogP contribution in [0.25, 0.3) is 0 Å². The van der Waals surface area contributed by atoms with Gasteiger partial charge in [0.15, 0.2) is 0 Å². The third-order valence-electron chi connectivity index (χ3n) is 3.16. The van der Waals surface area contributed by atoms with Crippen molar-refractivity contribution in [2.24, 2.45) is 7.05 Å². The molecule has 0 unspecified atom stereocenters. The van der Waals surface area contributed by atoms with Gasteiger partial charge in [-0.25, -0.2) is 0 Å². The lowest BCUT2D eigenvalue weighted by Gasteiger charge is -2.06. The number of carbonyl (C=O) groups excluding carboxylic acids is 1. The number of aromatic nitrogens is 1. The Labute approximate surface area is 128 Å². The van der Waals surface area contributed by atoms with Crippen molar-refractivity contribution in [2.75, 3.05) is 0 Å². The maximum Gasteiger partial charge on any atom is 0.210 e. The Morgan fingerprint density at radius 2 is 2.05 bits per heavy atom. The number of ketones is 1. The van der Waals surface area contributed by atoms with Crippen molar-refractivity contribution in [3.05, 3.63) is 57.9 Å². The molecule has 5 heteroatoms. The second-order valence-electron chi connectivity index (χ2n) is 4.41. The average Bonchev–Trinajstić information content (AvgIpc) is 2.73. The predicted molar refractivity (Wildman–Crippen MR) is 82.3 cm³/mol. The summed E-state index contributed by atoms with van der Waals surface area (Å²) in [5, 5.41) is 9.13. The summed E-state index contributed by atoms with van der Waals surface area (Å²) >= 11 is 10.3. The first-order chi connectivity index (χ1) is 9.58. The molecule has 1 aromatic heterocycles. The van der Waals surface area contributed by atoms with Crippen molar-refractivity contribution < 1.29 is 4.79 Å². The van der Waals surface area contributed by atoms with E-state index in [2.05, 4.69) is 18.7 Å². The minimum Gasteiger partial charge on any atom is -0.343 e. The van der Waals surface area contributed by atoms with Crippen LogP contribution in [0.2, 0.25) is 5.02 Å². The topological polar surface area (TPSA) is 45.8 Å². The molecule has 0 aliphatic heterocycles. The molecule has 0 aliphatic rings. The number of halogens is 1. The van der Waals surface area contributed by atoms with Crippen LogP contribution in [-0.2, 0) is 19.2 Å². The highest BCUT2D eigenvalue weighted by Gasteiger charge is 2.19. The summed E-state index contributed by atoms with van der Waals surface area (Å²) < 4.78 is 1.68. The highest BCUT2D eigenvalue weighted by Crippen LogP contribution is 2.24. The van der Waals surface area contributed by atoms with E-state index in [-0.39, 0.29) is 12.2 Å². The van der Waals surface area contributed by atoms with Crippen molar-refractivity contribution >= 4 is 30.0 Å². The summed E-state index contributed by atoms with van der Waals surface area (Å²) in [7, 11) is 1.74. The van der Waals surface area contributed by atoms with Gasteiger partial charge in [0.2, 0.25) is 5.78 Å². The van der Waals surface area contributed by atoms with Crippen LogP contribution < -0.4 is 0 Å². The van der Waals surface area contributed by atoms with E-state index >= 15 is 0 Å². The Balaban J connectivity index is 2.40. The van der Waals surface area contributed by atoms with E-state index < -0.39 is 0 Å². The van der Waals surface area contributed by atoms with Crippen LogP contribution in [-0.4, -0.2) is 10.4 Å². The number of nitrogens with zero attached hydrogens (tertiary/aromatic N) is 2. The molecule has 0 fully saturated rings. The summed E-state index contributed by atoms with van der Waals surface area (Å²) in [6, 6.07) is 11.0. The molecule has 0 aliphatic carbocycles. The molecule has 0 saturated carbocycles. The monoisotopic (exact) mass is 304 g/mol. The Morgan fingerprint density at radius 3 is 2.60 bits per heavy atom.